The molecule has 1 rings (SSSR count). The van der Waals surface area contributed by atoms with Gasteiger partial charge in [-0.05, 0) is 0 Å². The molecule has 0 heterocycles. The van der Waals surface area contributed by atoms with Crippen molar-refractivity contribution in [2.45, 2.75) is 0 Å². The average Bonchev–Trinajstić information content (AvgIpc) is 2.16. The van der Waals surface area contributed by atoms with E-state index in [4.69, 9.17) is 14.9 Å². The van der Waals surface area contributed by atoms with Gasteiger partial charge in [-0.3, -0.25) is 0 Å². The first-order valence-electron chi connectivity index (χ1n) is 4.68. The lowest BCUT2D eigenvalue weighted by atomic mass is 10.3. The van der Waals surface area contributed by atoms with E-state index in [1.165, 1.54) is 25.3 Å². The molecule has 0 aliphatic heterocycles. The molecule has 0 bridgehead atoms. The third-order valence-electron chi connectivity index (χ3n) is 1.75. The van der Waals surface area contributed by atoms with Crippen molar-refractivity contribution in [1.82, 2.24) is 5.32 Å². The van der Waals surface area contributed by atoms with E-state index < -0.39 is 6.03 Å². The van der Waals surface area contributed by atoms with Gasteiger partial charge in [0.25, 0.3) is 0 Å². The molecule has 0 spiro atoms. The van der Waals surface area contributed by atoms with Crippen LogP contribution in [-0.2, 0) is 4.74 Å². The van der Waals surface area contributed by atoms with Crippen molar-refractivity contribution in [2.75, 3.05) is 25.6 Å². The lowest BCUT2D eigenvalue weighted by Crippen LogP contribution is -2.31. The molecule has 0 aromatic heterocycles. The van der Waals surface area contributed by atoms with Gasteiger partial charge in [-0.25, -0.2) is 4.79 Å². The molecule has 88 valence electrons. The molecule has 0 aliphatic carbocycles. The Balaban J connectivity index is 2.49. The smallest absolute Gasteiger partial charge is 0.319 e. The van der Waals surface area contributed by atoms with Crippen LogP contribution in [0.3, 0.4) is 0 Å². The van der Waals surface area contributed by atoms with Crippen LogP contribution in [0.25, 0.3) is 0 Å². The highest BCUT2D eigenvalue weighted by atomic mass is 16.5. The number of phenols is 2. The summed E-state index contributed by atoms with van der Waals surface area (Å²) in [7, 11) is 1.53. The van der Waals surface area contributed by atoms with Crippen LogP contribution in [0.1, 0.15) is 0 Å². The largest absolute Gasteiger partial charge is 0.508 e. The van der Waals surface area contributed by atoms with Gasteiger partial charge in [0.1, 0.15) is 11.5 Å². The van der Waals surface area contributed by atoms with Gasteiger partial charge in [0.2, 0.25) is 0 Å². The Morgan fingerprint density at radius 2 is 1.94 bits per heavy atom. The highest BCUT2D eigenvalue weighted by Gasteiger charge is 2.03. The first-order chi connectivity index (χ1) is 7.61. The summed E-state index contributed by atoms with van der Waals surface area (Å²) in [5, 5.41) is 23.3. The summed E-state index contributed by atoms with van der Waals surface area (Å²) in [6, 6.07) is 3.40. The number of ether oxygens (including phenoxy) is 1. The number of carbonyl (C=O) groups excluding carboxylic acids is 1. The molecule has 1 aromatic rings. The number of urea groups is 1. The third-order valence-corrected chi connectivity index (χ3v) is 1.75. The van der Waals surface area contributed by atoms with E-state index in [9.17, 15) is 4.79 Å². The van der Waals surface area contributed by atoms with E-state index in [0.717, 1.165) is 0 Å². The zero-order chi connectivity index (χ0) is 12.0. The molecule has 0 saturated heterocycles. The topological polar surface area (TPSA) is 90.8 Å². The number of amides is 2. The third kappa shape index (κ3) is 4.05. The first-order valence-corrected chi connectivity index (χ1v) is 4.68. The summed E-state index contributed by atoms with van der Waals surface area (Å²) in [5.74, 6) is -0.237. The fourth-order valence-electron chi connectivity index (χ4n) is 1.11. The van der Waals surface area contributed by atoms with Gasteiger partial charge in [0.05, 0.1) is 6.61 Å². The standard InChI is InChI=1S/C10H14N2O4/c1-16-3-2-11-10(15)12-7-4-8(13)6-9(14)5-7/h4-6,13-14H,2-3H2,1H3,(H2,11,12,15). The lowest BCUT2D eigenvalue weighted by Gasteiger charge is -2.07. The van der Waals surface area contributed by atoms with Crippen molar-refractivity contribution in [3.8, 4) is 11.5 Å². The van der Waals surface area contributed by atoms with E-state index in [1.807, 2.05) is 0 Å². The second kappa shape index (κ2) is 5.82. The fraction of sp³-hybridized carbons (Fsp3) is 0.300. The number of carbonyl (C=O) groups is 1. The second-order valence-corrected chi connectivity index (χ2v) is 3.11. The predicted molar refractivity (Wildman–Crippen MR) is 58.7 cm³/mol. The van der Waals surface area contributed by atoms with Gasteiger partial charge >= 0.3 is 6.03 Å². The highest BCUT2D eigenvalue weighted by molar-refractivity contribution is 5.89. The van der Waals surface area contributed by atoms with Crippen LogP contribution in [0.15, 0.2) is 18.2 Å². The number of rotatable bonds is 4. The number of aromatic hydroxyl groups is 2. The normalized spacial score (nSPS) is 9.81. The number of nitrogens with one attached hydrogen (secondary N) is 2. The molecule has 2 amide bonds. The monoisotopic (exact) mass is 226 g/mol. The van der Waals surface area contributed by atoms with E-state index >= 15 is 0 Å². The number of benzene rings is 1. The van der Waals surface area contributed by atoms with Crippen LogP contribution in [0, 0.1) is 0 Å². The minimum atomic E-state index is -0.429. The maximum atomic E-state index is 11.3. The molecular weight excluding hydrogens is 212 g/mol. The Kier molecular flexibility index (Phi) is 4.41. The van der Waals surface area contributed by atoms with Crippen molar-refractivity contribution in [3.05, 3.63) is 18.2 Å². The molecule has 4 N–H and O–H groups in total. The number of hydrogen-bond acceptors (Lipinski definition) is 4. The van der Waals surface area contributed by atoms with E-state index in [-0.39, 0.29) is 11.5 Å². The summed E-state index contributed by atoms with van der Waals surface area (Å²) >= 11 is 0. The average molecular weight is 226 g/mol. The van der Waals surface area contributed by atoms with Crippen molar-refractivity contribution < 1.29 is 19.7 Å². The van der Waals surface area contributed by atoms with Gasteiger partial charge < -0.3 is 25.6 Å². The Morgan fingerprint density at radius 3 is 2.50 bits per heavy atom. The number of anilines is 1. The highest BCUT2D eigenvalue weighted by Crippen LogP contribution is 2.23. The van der Waals surface area contributed by atoms with E-state index in [0.29, 0.717) is 18.8 Å². The molecule has 0 aliphatic rings. The zero-order valence-electron chi connectivity index (χ0n) is 8.86. The van der Waals surface area contributed by atoms with Crippen molar-refractivity contribution in [1.29, 1.82) is 0 Å². The summed E-state index contributed by atoms with van der Waals surface area (Å²) in [6.07, 6.45) is 0. The molecule has 0 saturated carbocycles. The summed E-state index contributed by atoms with van der Waals surface area (Å²) in [6.45, 7) is 0.797. The van der Waals surface area contributed by atoms with Crippen molar-refractivity contribution >= 4 is 11.7 Å². The van der Waals surface area contributed by atoms with Gasteiger partial charge in [0, 0.05) is 37.5 Å². The number of phenolic OH excluding ortho intramolecular Hbond substituents is 2. The van der Waals surface area contributed by atoms with Crippen LogP contribution < -0.4 is 10.6 Å². The van der Waals surface area contributed by atoms with Crippen LogP contribution >= 0.6 is 0 Å². The summed E-state index contributed by atoms with van der Waals surface area (Å²) in [5.41, 5.74) is 0.312. The maximum absolute atomic E-state index is 11.3. The molecule has 16 heavy (non-hydrogen) atoms. The van der Waals surface area contributed by atoms with Crippen LogP contribution in [-0.4, -0.2) is 36.5 Å². The minimum absolute atomic E-state index is 0.118. The fourth-order valence-corrected chi connectivity index (χ4v) is 1.11. The Morgan fingerprint density at radius 1 is 1.31 bits per heavy atom. The zero-order valence-corrected chi connectivity index (χ0v) is 8.86. The SMILES string of the molecule is COCCNC(=O)Nc1cc(O)cc(O)c1. The quantitative estimate of drug-likeness (QED) is 0.573. The first kappa shape index (κ1) is 12.1. The predicted octanol–water partition coefficient (Wildman–Crippen LogP) is 0.866. The molecule has 0 atom stereocenters. The van der Waals surface area contributed by atoms with Gasteiger partial charge in [-0.15, -0.1) is 0 Å². The molecule has 6 heteroatoms. The molecule has 0 radical (unpaired) electrons. The van der Waals surface area contributed by atoms with E-state index in [1.54, 1.807) is 0 Å². The van der Waals surface area contributed by atoms with Crippen molar-refractivity contribution in [3.63, 3.8) is 0 Å². The van der Waals surface area contributed by atoms with Crippen LogP contribution in [0.4, 0.5) is 10.5 Å². The maximum Gasteiger partial charge on any atom is 0.319 e. The van der Waals surface area contributed by atoms with Crippen molar-refractivity contribution in [2.24, 2.45) is 0 Å². The number of methoxy groups -OCH3 is 1. The molecular formula is C10H14N2O4. The Bertz CT molecular complexity index is 348. The number of hydrogen-bond donors (Lipinski definition) is 4. The molecule has 0 unspecified atom stereocenters. The lowest BCUT2D eigenvalue weighted by molar-refractivity contribution is 0.198. The molecule has 0 fully saturated rings. The molecule has 6 nitrogen and oxygen atoms in total. The van der Waals surface area contributed by atoms with Crippen LogP contribution in [0.5, 0.6) is 11.5 Å². The summed E-state index contributed by atoms with van der Waals surface area (Å²) < 4.78 is 4.76. The molecule has 1 aromatic carbocycles. The second-order valence-electron chi connectivity index (χ2n) is 3.11. The van der Waals surface area contributed by atoms with E-state index in [2.05, 4.69) is 10.6 Å². The van der Waals surface area contributed by atoms with Crippen LogP contribution in [0.2, 0.25) is 0 Å². The summed E-state index contributed by atoms with van der Waals surface area (Å²) in [4.78, 5) is 11.3. The van der Waals surface area contributed by atoms with Gasteiger partial charge in [-0.1, -0.05) is 0 Å². The Hall–Kier alpha value is -1.95. The minimum Gasteiger partial charge on any atom is -0.508 e. The van der Waals surface area contributed by atoms with Gasteiger partial charge in [0.15, 0.2) is 0 Å². The van der Waals surface area contributed by atoms with Gasteiger partial charge in [-0.2, -0.15) is 0 Å². The Labute approximate surface area is 92.9 Å².